The zero-order valence-corrected chi connectivity index (χ0v) is 13.2. The standard InChI is InChI=1S/C7H4N2O2S.C7H6N2OS/c10-7(11)4-1-2-6-5(3-4)8-9-12-6;10-4-5-1-2-7-6(3-5)8-9-11-7/h1-3H,(H,10,11);1-3,10H,4H2. The third kappa shape index (κ3) is 3.47. The molecule has 4 aromatic rings. The number of carboxylic acid groups (broad SMARTS) is 1. The van der Waals surface area contributed by atoms with Crippen LogP contribution in [0.25, 0.3) is 20.4 Å². The highest BCUT2D eigenvalue weighted by Gasteiger charge is 2.04. The minimum Gasteiger partial charge on any atom is -0.478 e. The smallest absolute Gasteiger partial charge is 0.335 e. The van der Waals surface area contributed by atoms with Crippen LogP contribution >= 0.6 is 23.1 Å². The van der Waals surface area contributed by atoms with Crippen molar-refractivity contribution in [3.8, 4) is 0 Å². The molecule has 0 radical (unpaired) electrons. The summed E-state index contributed by atoms with van der Waals surface area (Å²) in [7, 11) is 0. The fourth-order valence-electron chi connectivity index (χ4n) is 1.84. The highest BCUT2D eigenvalue weighted by atomic mass is 32.1. The minimum atomic E-state index is -0.940. The van der Waals surface area contributed by atoms with Gasteiger partial charge in [-0.05, 0) is 59.0 Å². The van der Waals surface area contributed by atoms with Gasteiger partial charge < -0.3 is 10.2 Å². The summed E-state index contributed by atoms with van der Waals surface area (Å²) >= 11 is 2.62. The lowest BCUT2D eigenvalue weighted by Crippen LogP contribution is -1.94. The van der Waals surface area contributed by atoms with Gasteiger partial charge in [-0.1, -0.05) is 15.0 Å². The van der Waals surface area contributed by atoms with Crippen molar-refractivity contribution in [2.45, 2.75) is 6.61 Å². The molecule has 0 amide bonds. The van der Waals surface area contributed by atoms with Gasteiger partial charge in [-0.15, -0.1) is 10.2 Å². The lowest BCUT2D eigenvalue weighted by molar-refractivity contribution is 0.0697. The zero-order valence-electron chi connectivity index (χ0n) is 11.6. The van der Waals surface area contributed by atoms with E-state index in [2.05, 4.69) is 19.2 Å². The maximum atomic E-state index is 10.5. The van der Waals surface area contributed by atoms with Crippen LogP contribution in [0.3, 0.4) is 0 Å². The van der Waals surface area contributed by atoms with Gasteiger partial charge in [-0.25, -0.2) is 4.79 Å². The van der Waals surface area contributed by atoms with E-state index in [9.17, 15) is 4.79 Å². The predicted octanol–water partition coefficient (Wildman–Crippen LogP) is 2.57. The predicted molar refractivity (Wildman–Crippen MR) is 87.7 cm³/mol. The molecule has 0 atom stereocenters. The molecule has 2 aromatic carbocycles. The molecule has 2 N–H and O–H groups in total. The fourth-order valence-corrected chi connectivity index (χ4v) is 2.92. The van der Waals surface area contributed by atoms with Crippen LogP contribution in [-0.2, 0) is 6.61 Å². The van der Waals surface area contributed by atoms with Crippen molar-refractivity contribution < 1.29 is 15.0 Å². The fraction of sp³-hybridized carbons (Fsp3) is 0.0714. The Bertz CT molecular complexity index is 967. The van der Waals surface area contributed by atoms with E-state index < -0.39 is 5.97 Å². The molecular weight excluding hydrogens is 336 g/mol. The Kier molecular flexibility index (Phi) is 4.51. The molecule has 0 aliphatic carbocycles. The highest BCUT2D eigenvalue weighted by Crippen LogP contribution is 2.17. The zero-order chi connectivity index (χ0) is 16.2. The van der Waals surface area contributed by atoms with E-state index in [0.717, 1.165) is 20.5 Å². The van der Waals surface area contributed by atoms with Crippen molar-refractivity contribution in [3.63, 3.8) is 0 Å². The van der Waals surface area contributed by atoms with Crippen LogP contribution in [0, 0.1) is 0 Å². The number of fused-ring (bicyclic) bond motifs is 2. The SMILES string of the molecule is O=C(O)c1ccc2snnc2c1.OCc1ccc2snnc2c1. The number of benzene rings is 2. The van der Waals surface area contributed by atoms with Gasteiger partial charge in [0.1, 0.15) is 11.0 Å². The molecular formula is C14H10N4O3S2. The Morgan fingerprint density at radius 3 is 2.17 bits per heavy atom. The molecule has 0 unspecified atom stereocenters. The first-order valence-corrected chi connectivity index (χ1v) is 7.99. The van der Waals surface area contributed by atoms with Crippen LogP contribution in [0.4, 0.5) is 0 Å². The van der Waals surface area contributed by atoms with E-state index >= 15 is 0 Å². The van der Waals surface area contributed by atoms with Crippen molar-refractivity contribution in [1.82, 2.24) is 19.2 Å². The number of rotatable bonds is 2. The van der Waals surface area contributed by atoms with E-state index in [1.165, 1.54) is 29.1 Å². The molecule has 23 heavy (non-hydrogen) atoms. The van der Waals surface area contributed by atoms with E-state index in [1.54, 1.807) is 12.1 Å². The highest BCUT2D eigenvalue weighted by molar-refractivity contribution is 7.13. The minimum absolute atomic E-state index is 0.0630. The lowest BCUT2D eigenvalue weighted by Gasteiger charge is -1.92. The van der Waals surface area contributed by atoms with Crippen molar-refractivity contribution in [2.75, 3.05) is 0 Å². The number of hydrogen-bond donors (Lipinski definition) is 2. The van der Waals surface area contributed by atoms with Gasteiger partial charge in [0.15, 0.2) is 0 Å². The third-order valence-corrected chi connectivity index (χ3v) is 4.40. The quantitative estimate of drug-likeness (QED) is 0.574. The lowest BCUT2D eigenvalue weighted by atomic mass is 10.2. The van der Waals surface area contributed by atoms with E-state index in [-0.39, 0.29) is 12.2 Å². The van der Waals surface area contributed by atoms with Crippen LogP contribution in [0.5, 0.6) is 0 Å². The number of hydrogen-bond acceptors (Lipinski definition) is 8. The summed E-state index contributed by atoms with van der Waals surface area (Å²) in [6, 6.07) is 10.4. The number of aromatic carboxylic acids is 1. The number of carboxylic acids is 1. The Hall–Kier alpha value is -2.49. The normalized spacial score (nSPS) is 10.5. The van der Waals surface area contributed by atoms with Crippen LogP contribution in [0.15, 0.2) is 36.4 Å². The van der Waals surface area contributed by atoms with Crippen LogP contribution in [-0.4, -0.2) is 35.4 Å². The monoisotopic (exact) mass is 346 g/mol. The average molecular weight is 346 g/mol. The summed E-state index contributed by atoms with van der Waals surface area (Å²) in [6.45, 7) is 0.0630. The van der Waals surface area contributed by atoms with Gasteiger partial charge in [-0.2, -0.15) is 0 Å². The summed E-state index contributed by atoms with van der Waals surface area (Å²) in [6.07, 6.45) is 0. The Morgan fingerprint density at radius 2 is 1.57 bits per heavy atom. The van der Waals surface area contributed by atoms with E-state index in [1.807, 2.05) is 18.2 Å². The molecule has 7 nitrogen and oxygen atoms in total. The summed E-state index contributed by atoms with van der Waals surface area (Å²) in [4.78, 5) is 10.5. The van der Waals surface area contributed by atoms with Crippen LogP contribution in [0.2, 0.25) is 0 Å². The second-order valence-corrected chi connectivity index (χ2v) is 6.07. The Morgan fingerprint density at radius 1 is 0.957 bits per heavy atom. The molecule has 2 aromatic heterocycles. The van der Waals surface area contributed by atoms with Gasteiger partial charge >= 0.3 is 5.97 Å². The Balaban J connectivity index is 0.000000136. The number of aliphatic hydroxyl groups excluding tert-OH is 1. The molecule has 116 valence electrons. The molecule has 4 rings (SSSR count). The first-order chi connectivity index (χ1) is 11.2. The average Bonchev–Trinajstić information content (AvgIpc) is 3.22. The molecule has 0 fully saturated rings. The van der Waals surface area contributed by atoms with Crippen molar-refractivity contribution in [2.24, 2.45) is 0 Å². The van der Waals surface area contributed by atoms with Gasteiger partial charge in [0.05, 0.1) is 21.6 Å². The summed E-state index contributed by atoms with van der Waals surface area (Å²) < 4.78 is 9.45. The Labute approximate surface area is 138 Å². The molecule has 9 heteroatoms. The van der Waals surface area contributed by atoms with Gasteiger partial charge in [0.25, 0.3) is 0 Å². The largest absolute Gasteiger partial charge is 0.478 e. The maximum Gasteiger partial charge on any atom is 0.335 e. The number of nitrogens with zero attached hydrogens (tertiary/aromatic N) is 4. The first-order valence-electron chi connectivity index (χ1n) is 6.44. The third-order valence-electron chi connectivity index (χ3n) is 2.99. The van der Waals surface area contributed by atoms with Crippen molar-refractivity contribution >= 4 is 49.5 Å². The summed E-state index contributed by atoms with van der Waals surface area (Å²) in [5.41, 5.74) is 2.63. The molecule has 0 spiro atoms. The summed E-state index contributed by atoms with van der Waals surface area (Å²) in [5.74, 6) is -0.940. The van der Waals surface area contributed by atoms with E-state index in [0.29, 0.717) is 5.52 Å². The maximum absolute atomic E-state index is 10.5. The van der Waals surface area contributed by atoms with Crippen LogP contribution in [0.1, 0.15) is 15.9 Å². The molecule has 2 heterocycles. The molecule has 0 aliphatic rings. The number of aliphatic hydroxyl groups is 1. The molecule has 0 saturated carbocycles. The van der Waals surface area contributed by atoms with Gasteiger partial charge in [-0.3, -0.25) is 0 Å². The molecule has 0 saturated heterocycles. The van der Waals surface area contributed by atoms with E-state index in [4.69, 9.17) is 10.2 Å². The summed E-state index contributed by atoms with van der Waals surface area (Å²) in [5, 5.41) is 25.1. The van der Waals surface area contributed by atoms with Crippen molar-refractivity contribution in [1.29, 1.82) is 0 Å². The second kappa shape index (κ2) is 6.73. The molecule has 0 aliphatic heterocycles. The van der Waals surface area contributed by atoms with Gasteiger partial charge in [0, 0.05) is 0 Å². The molecule has 0 bridgehead atoms. The number of carbonyl (C=O) groups is 1. The van der Waals surface area contributed by atoms with Crippen LogP contribution < -0.4 is 0 Å². The second-order valence-electron chi connectivity index (χ2n) is 4.49. The van der Waals surface area contributed by atoms with Crippen molar-refractivity contribution in [3.05, 3.63) is 47.5 Å². The first kappa shape index (κ1) is 15.4. The van der Waals surface area contributed by atoms with Gasteiger partial charge in [0.2, 0.25) is 0 Å². The number of aromatic nitrogens is 4. The topological polar surface area (TPSA) is 109 Å².